The summed E-state index contributed by atoms with van der Waals surface area (Å²) in [5.41, 5.74) is 8.22. The summed E-state index contributed by atoms with van der Waals surface area (Å²) in [6.07, 6.45) is 8.23. The molecule has 8 aromatic rings. The standard InChI is InChI=1S/C30H29N3O5.C30H31N3O4/c1-2-3-13-33-24(16-31-29(33)22-7-5-4-6-8-22)18-32(17-21-9-11-25-27(14-21)37-19-35-25)30(34)23-10-12-26-28(15-23)38-20-36-26;1-2-3-13-33-25(16-31-30(33)24-7-5-4-6-8-24)19-32(17-22-9-11-26-28(14-22)36-20-34-26)18-23-10-12-27-29(15-23)37-21-35-27/h4-12,14-16H,2-3,13,17-20H2,1H3;4-12,14-16H,2-3,13,17-21H2,1H3. The molecule has 0 unspecified atom stereocenters. The van der Waals surface area contributed by atoms with Gasteiger partial charge in [-0.25, -0.2) is 9.97 Å². The van der Waals surface area contributed by atoms with Crippen LogP contribution in [0.1, 0.15) is 78.0 Å². The van der Waals surface area contributed by atoms with Crippen LogP contribution in [0.3, 0.4) is 0 Å². The van der Waals surface area contributed by atoms with Crippen molar-refractivity contribution < 1.29 is 42.7 Å². The van der Waals surface area contributed by atoms with Gasteiger partial charge in [-0.15, -0.1) is 0 Å². The van der Waals surface area contributed by atoms with Crippen LogP contribution in [0.5, 0.6) is 46.0 Å². The Morgan fingerprint density at radius 2 is 0.853 bits per heavy atom. The normalized spacial score (nSPS) is 13.3. The average molecular weight is 1010 g/mol. The predicted molar refractivity (Wildman–Crippen MR) is 282 cm³/mol. The highest BCUT2D eigenvalue weighted by Gasteiger charge is 2.25. The second-order valence-corrected chi connectivity index (χ2v) is 18.8. The summed E-state index contributed by atoms with van der Waals surface area (Å²) in [6, 6.07) is 44.1. The summed E-state index contributed by atoms with van der Waals surface area (Å²) in [7, 11) is 0. The van der Waals surface area contributed by atoms with Gasteiger partial charge in [0.15, 0.2) is 46.0 Å². The first-order valence-corrected chi connectivity index (χ1v) is 25.7. The highest BCUT2D eigenvalue weighted by Crippen LogP contribution is 2.37. The first-order valence-electron chi connectivity index (χ1n) is 25.7. The fourth-order valence-electron chi connectivity index (χ4n) is 9.70. The number of carbonyl (C=O) groups is 1. The van der Waals surface area contributed by atoms with E-state index in [1.165, 1.54) is 16.8 Å². The molecule has 0 N–H and O–H groups in total. The van der Waals surface area contributed by atoms with Gasteiger partial charge >= 0.3 is 0 Å². The van der Waals surface area contributed by atoms with Gasteiger partial charge in [-0.2, -0.15) is 0 Å². The van der Waals surface area contributed by atoms with Gasteiger partial charge in [-0.1, -0.05) is 106 Å². The second-order valence-electron chi connectivity index (χ2n) is 18.8. The maximum Gasteiger partial charge on any atom is 0.254 e. The van der Waals surface area contributed by atoms with E-state index in [1.54, 1.807) is 18.2 Å². The zero-order chi connectivity index (χ0) is 50.9. The van der Waals surface area contributed by atoms with Gasteiger partial charge < -0.3 is 51.9 Å². The third-order valence-electron chi connectivity index (χ3n) is 13.6. The van der Waals surface area contributed by atoms with E-state index >= 15 is 0 Å². The van der Waals surface area contributed by atoms with Crippen molar-refractivity contribution >= 4 is 5.91 Å². The second kappa shape index (κ2) is 22.8. The lowest BCUT2D eigenvalue weighted by Crippen LogP contribution is -2.31. The third-order valence-corrected chi connectivity index (χ3v) is 13.6. The number of benzene rings is 6. The number of rotatable bonds is 19. The van der Waals surface area contributed by atoms with Crippen LogP contribution in [0.4, 0.5) is 0 Å². The number of imidazole rings is 2. The number of unbranched alkanes of at least 4 members (excludes halogenated alkanes) is 2. The Kier molecular flexibility index (Phi) is 14.8. The fraction of sp³-hybridized carbons (Fsp3) is 0.283. The number of amides is 1. The Morgan fingerprint density at radius 1 is 0.453 bits per heavy atom. The van der Waals surface area contributed by atoms with E-state index in [1.807, 2.05) is 71.9 Å². The molecule has 0 atom stereocenters. The molecule has 15 heteroatoms. The highest BCUT2D eigenvalue weighted by atomic mass is 16.7. The van der Waals surface area contributed by atoms with E-state index in [0.29, 0.717) is 41.7 Å². The van der Waals surface area contributed by atoms with Gasteiger partial charge in [-0.05, 0) is 84.1 Å². The topological polar surface area (TPSA) is 133 Å². The Hall–Kier alpha value is -8.43. The lowest BCUT2D eigenvalue weighted by Gasteiger charge is -2.24. The molecule has 0 fully saturated rings. The highest BCUT2D eigenvalue weighted by molar-refractivity contribution is 5.95. The van der Waals surface area contributed by atoms with Crippen molar-refractivity contribution in [2.75, 3.05) is 27.2 Å². The van der Waals surface area contributed by atoms with Crippen LogP contribution in [-0.2, 0) is 45.8 Å². The minimum Gasteiger partial charge on any atom is -0.454 e. The summed E-state index contributed by atoms with van der Waals surface area (Å²) >= 11 is 0. The molecule has 0 radical (unpaired) electrons. The number of carbonyl (C=O) groups excluding carboxylic acids is 1. The van der Waals surface area contributed by atoms with Gasteiger partial charge in [0.05, 0.1) is 30.3 Å². The molecule has 0 bridgehead atoms. The number of nitrogens with zero attached hydrogens (tertiary/aromatic N) is 6. The van der Waals surface area contributed by atoms with Gasteiger partial charge in [-0.3, -0.25) is 9.69 Å². The minimum absolute atomic E-state index is 0.106. The molecule has 0 aliphatic carbocycles. The Morgan fingerprint density at radius 3 is 1.31 bits per heavy atom. The predicted octanol–water partition coefficient (Wildman–Crippen LogP) is 11.7. The van der Waals surface area contributed by atoms with Crippen LogP contribution in [0.2, 0.25) is 0 Å². The fourth-order valence-corrected chi connectivity index (χ4v) is 9.70. The Balaban J connectivity index is 0.000000161. The maximum atomic E-state index is 13.9. The van der Waals surface area contributed by atoms with Crippen molar-refractivity contribution in [1.82, 2.24) is 28.9 Å². The number of ether oxygens (including phenoxy) is 8. The summed E-state index contributed by atoms with van der Waals surface area (Å²) in [6.45, 7) is 10.1. The lowest BCUT2D eigenvalue weighted by molar-refractivity contribution is 0.0725. The molecule has 6 aromatic carbocycles. The van der Waals surface area contributed by atoms with Gasteiger partial charge in [0.1, 0.15) is 11.6 Å². The van der Waals surface area contributed by atoms with Crippen LogP contribution in [0, 0.1) is 0 Å². The summed E-state index contributed by atoms with van der Waals surface area (Å²) < 4.78 is 49.0. The first-order chi connectivity index (χ1) is 37.0. The lowest BCUT2D eigenvalue weighted by atomic mass is 10.1. The first kappa shape index (κ1) is 48.8. The van der Waals surface area contributed by atoms with E-state index in [9.17, 15) is 4.79 Å². The SMILES string of the molecule is CCCCn1c(CN(Cc2ccc3c(c2)OCO3)C(=O)c2ccc3c(c2)OCO3)cnc1-c1ccccc1.CCCCn1c(CN(Cc2ccc3c(c2)OCO3)Cc2ccc3c(c2)OCO3)cnc1-c1ccccc1. The molecule has 75 heavy (non-hydrogen) atoms. The smallest absolute Gasteiger partial charge is 0.254 e. The van der Waals surface area contributed by atoms with Gasteiger partial charge in [0.25, 0.3) is 5.91 Å². The number of aromatic nitrogens is 4. The van der Waals surface area contributed by atoms with Crippen molar-refractivity contribution in [3.8, 4) is 68.8 Å². The van der Waals surface area contributed by atoms with E-state index in [-0.39, 0.29) is 33.1 Å². The number of hydrogen-bond acceptors (Lipinski definition) is 12. The van der Waals surface area contributed by atoms with Gasteiger partial charge in [0.2, 0.25) is 27.2 Å². The molecule has 4 aliphatic heterocycles. The minimum atomic E-state index is -0.106. The number of fused-ring (bicyclic) bond motifs is 4. The molecule has 2 aromatic heterocycles. The van der Waals surface area contributed by atoms with Crippen molar-refractivity contribution in [3.05, 3.63) is 179 Å². The molecule has 0 saturated heterocycles. The van der Waals surface area contributed by atoms with Crippen molar-refractivity contribution in [1.29, 1.82) is 0 Å². The van der Waals surface area contributed by atoms with Crippen LogP contribution in [-0.4, -0.2) is 62.0 Å². The van der Waals surface area contributed by atoms with Crippen molar-refractivity contribution in [2.45, 2.75) is 85.3 Å². The van der Waals surface area contributed by atoms with Crippen LogP contribution >= 0.6 is 0 Å². The van der Waals surface area contributed by atoms with Gasteiger partial charge in [0, 0.05) is 56.0 Å². The molecule has 1 amide bonds. The molecule has 6 heterocycles. The molecular formula is C60H60N6O9. The van der Waals surface area contributed by atoms with Crippen LogP contribution < -0.4 is 37.9 Å². The average Bonchev–Trinajstić information content (AvgIpc) is 4.33. The van der Waals surface area contributed by atoms with Crippen molar-refractivity contribution in [3.63, 3.8) is 0 Å². The van der Waals surface area contributed by atoms with E-state index in [0.717, 1.165) is 115 Å². The Labute approximate surface area is 436 Å². The Bertz CT molecular complexity index is 3190. The quantitative estimate of drug-likeness (QED) is 0.0763. The molecule has 0 saturated carbocycles. The van der Waals surface area contributed by atoms with Crippen LogP contribution in [0.15, 0.2) is 146 Å². The summed E-state index contributed by atoms with van der Waals surface area (Å²) in [5, 5.41) is 0. The summed E-state index contributed by atoms with van der Waals surface area (Å²) in [5.74, 6) is 7.68. The molecular weight excluding hydrogens is 949 g/mol. The van der Waals surface area contributed by atoms with Crippen molar-refractivity contribution in [2.24, 2.45) is 0 Å². The monoisotopic (exact) mass is 1010 g/mol. The zero-order valence-electron chi connectivity index (χ0n) is 42.3. The molecule has 15 nitrogen and oxygen atoms in total. The summed E-state index contributed by atoms with van der Waals surface area (Å²) in [4.78, 5) is 27.8. The number of hydrogen-bond donors (Lipinski definition) is 0. The third kappa shape index (κ3) is 11.2. The molecule has 0 spiro atoms. The molecule has 384 valence electrons. The van der Waals surface area contributed by atoms with E-state index < -0.39 is 0 Å². The molecule has 12 rings (SSSR count). The maximum absolute atomic E-state index is 13.9. The van der Waals surface area contributed by atoms with Crippen LogP contribution in [0.25, 0.3) is 22.8 Å². The van der Waals surface area contributed by atoms with E-state index in [2.05, 4.69) is 88.5 Å². The largest absolute Gasteiger partial charge is 0.454 e. The van der Waals surface area contributed by atoms with E-state index in [4.69, 9.17) is 47.9 Å². The molecule has 4 aliphatic rings. The zero-order valence-corrected chi connectivity index (χ0v) is 42.3.